The minimum atomic E-state index is 0.450. The molecular formula is C25H22. The molecule has 0 saturated carbocycles. The van der Waals surface area contributed by atoms with Gasteiger partial charge < -0.3 is 0 Å². The van der Waals surface area contributed by atoms with E-state index in [1.54, 1.807) is 11.1 Å². The zero-order chi connectivity index (χ0) is 16.6. The summed E-state index contributed by atoms with van der Waals surface area (Å²) in [5.74, 6) is 1.64. The molecule has 3 aliphatic rings. The predicted octanol–water partition coefficient (Wildman–Crippen LogP) is 6.32. The van der Waals surface area contributed by atoms with Gasteiger partial charge in [-0.15, -0.1) is 0 Å². The maximum absolute atomic E-state index is 2.52. The van der Waals surface area contributed by atoms with Gasteiger partial charge >= 0.3 is 0 Å². The topological polar surface area (TPSA) is 0 Å². The molecule has 0 saturated heterocycles. The van der Waals surface area contributed by atoms with E-state index in [1.165, 1.54) is 29.5 Å². The minimum absolute atomic E-state index is 0.450. The van der Waals surface area contributed by atoms with Gasteiger partial charge in [0, 0.05) is 11.8 Å². The van der Waals surface area contributed by atoms with Crippen LogP contribution in [-0.2, 0) is 0 Å². The minimum Gasteiger partial charge on any atom is -0.0770 e. The first kappa shape index (κ1) is 14.7. The van der Waals surface area contributed by atoms with Gasteiger partial charge in [0.2, 0.25) is 0 Å². The second-order valence-electron chi connectivity index (χ2n) is 7.27. The summed E-state index contributed by atoms with van der Waals surface area (Å²) >= 11 is 0. The smallest absolute Gasteiger partial charge is 0.0243 e. The maximum atomic E-state index is 2.52. The van der Waals surface area contributed by atoms with Crippen LogP contribution in [0.25, 0.3) is 5.57 Å². The van der Waals surface area contributed by atoms with Crippen molar-refractivity contribution in [1.82, 2.24) is 0 Å². The number of rotatable bonds is 3. The number of hydrogen-bond donors (Lipinski definition) is 0. The van der Waals surface area contributed by atoms with Crippen LogP contribution in [0.4, 0.5) is 0 Å². The van der Waals surface area contributed by atoms with E-state index in [9.17, 15) is 0 Å². The summed E-state index contributed by atoms with van der Waals surface area (Å²) in [4.78, 5) is 0. The van der Waals surface area contributed by atoms with E-state index in [1.807, 2.05) is 0 Å². The lowest BCUT2D eigenvalue weighted by Crippen LogP contribution is -2.10. The monoisotopic (exact) mass is 322 g/mol. The van der Waals surface area contributed by atoms with Crippen LogP contribution in [0.3, 0.4) is 0 Å². The molecule has 0 amide bonds. The van der Waals surface area contributed by atoms with Crippen molar-refractivity contribution >= 4 is 5.57 Å². The average Bonchev–Trinajstić information content (AvgIpc) is 3.40. The van der Waals surface area contributed by atoms with Crippen LogP contribution in [0, 0.1) is 11.8 Å². The molecule has 0 bridgehead atoms. The van der Waals surface area contributed by atoms with Crippen LogP contribution in [0.2, 0.25) is 0 Å². The highest BCUT2D eigenvalue weighted by Gasteiger charge is 2.39. The molecule has 0 heteroatoms. The van der Waals surface area contributed by atoms with Crippen molar-refractivity contribution in [2.24, 2.45) is 11.8 Å². The molecule has 0 spiro atoms. The SMILES string of the molecule is C1=CC(C2CCC3=C2C(c2ccccc2)=CC3c2ccccc2)C=C1. The van der Waals surface area contributed by atoms with E-state index >= 15 is 0 Å². The largest absolute Gasteiger partial charge is 0.0770 e. The molecule has 3 aliphatic carbocycles. The van der Waals surface area contributed by atoms with E-state index in [2.05, 4.69) is 91.0 Å². The van der Waals surface area contributed by atoms with Gasteiger partial charge in [-0.1, -0.05) is 96.6 Å². The Morgan fingerprint density at radius 1 is 0.760 bits per heavy atom. The molecular weight excluding hydrogens is 300 g/mol. The Hall–Kier alpha value is -2.60. The molecule has 0 radical (unpaired) electrons. The number of hydrogen-bond acceptors (Lipinski definition) is 0. The Morgan fingerprint density at radius 2 is 1.44 bits per heavy atom. The van der Waals surface area contributed by atoms with Gasteiger partial charge in [-0.2, -0.15) is 0 Å². The number of allylic oxidation sites excluding steroid dienone is 8. The first-order valence-corrected chi connectivity index (χ1v) is 9.32. The Balaban J connectivity index is 1.63. The van der Waals surface area contributed by atoms with E-state index in [0.717, 1.165) is 0 Å². The summed E-state index contributed by atoms with van der Waals surface area (Å²) in [5, 5.41) is 0. The Kier molecular flexibility index (Phi) is 3.56. The summed E-state index contributed by atoms with van der Waals surface area (Å²) in [6.07, 6.45) is 14.2. The maximum Gasteiger partial charge on any atom is 0.0243 e. The van der Waals surface area contributed by atoms with Gasteiger partial charge in [-0.05, 0) is 41.0 Å². The Morgan fingerprint density at radius 3 is 2.16 bits per heavy atom. The van der Waals surface area contributed by atoms with Crippen molar-refractivity contribution in [2.75, 3.05) is 0 Å². The van der Waals surface area contributed by atoms with Gasteiger partial charge in [-0.25, -0.2) is 0 Å². The van der Waals surface area contributed by atoms with E-state index < -0.39 is 0 Å². The van der Waals surface area contributed by atoms with E-state index in [0.29, 0.717) is 17.8 Å². The standard InChI is InChI=1S/C25H22/c1-3-9-19(10-4-1)23-17-24(20-11-5-2-6-12-20)25-21(15-16-22(23)25)18-13-7-8-14-18/h1-14,17-18,21,23H,15-16H2. The van der Waals surface area contributed by atoms with Gasteiger partial charge in [-0.3, -0.25) is 0 Å². The molecule has 2 atom stereocenters. The van der Waals surface area contributed by atoms with Crippen LogP contribution in [0.1, 0.15) is 29.9 Å². The highest BCUT2D eigenvalue weighted by Crippen LogP contribution is 2.54. The molecule has 5 rings (SSSR count). The molecule has 0 nitrogen and oxygen atoms in total. The lowest BCUT2D eigenvalue weighted by atomic mass is 9.83. The fraction of sp³-hybridized carbons (Fsp3) is 0.200. The fourth-order valence-electron chi connectivity index (χ4n) is 4.81. The third kappa shape index (κ3) is 2.44. The summed E-state index contributed by atoms with van der Waals surface area (Å²) in [6, 6.07) is 22.0. The second kappa shape index (κ2) is 6.04. The average molecular weight is 322 g/mol. The summed E-state index contributed by atoms with van der Waals surface area (Å²) in [7, 11) is 0. The fourth-order valence-corrected chi connectivity index (χ4v) is 4.81. The first-order valence-electron chi connectivity index (χ1n) is 9.32. The van der Waals surface area contributed by atoms with Crippen molar-refractivity contribution in [3.8, 4) is 0 Å². The normalized spacial score (nSPS) is 24.9. The molecule has 2 unspecified atom stereocenters. The Bertz CT molecular complexity index is 882. The second-order valence-corrected chi connectivity index (χ2v) is 7.27. The van der Waals surface area contributed by atoms with Crippen LogP contribution in [0.15, 0.2) is 102 Å². The summed E-state index contributed by atoms with van der Waals surface area (Å²) in [5.41, 5.74) is 7.55. The van der Waals surface area contributed by atoms with Gasteiger partial charge in [0.25, 0.3) is 0 Å². The quantitative estimate of drug-likeness (QED) is 0.620. The third-order valence-corrected chi connectivity index (χ3v) is 5.93. The van der Waals surface area contributed by atoms with Crippen LogP contribution < -0.4 is 0 Å². The van der Waals surface area contributed by atoms with Crippen LogP contribution in [-0.4, -0.2) is 0 Å². The Labute approximate surface area is 149 Å². The summed E-state index contributed by atoms with van der Waals surface area (Å²) in [6.45, 7) is 0. The van der Waals surface area contributed by atoms with Gasteiger partial charge in [0.1, 0.15) is 0 Å². The molecule has 25 heavy (non-hydrogen) atoms. The van der Waals surface area contributed by atoms with Crippen molar-refractivity contribution in [3.63, 3.8) is 0 Å². The van der Waals surface area contributed by atoms with Crippen LogP contribution >= 0.6 is 0 Å². The zero-order valence-corrected chi connectivity index (χ0v) is 14.3. The molecule has 0 aromatic heterocycles. The molecule has 0 fully saturated rings. The summed E-state index contributed by atoms with van der Waals surface area (Å²) < 4.78 is 0. The van der Waals surface area contributed by atoms with Crippen LogP contribution in [0.5, 0.6) is 0 Å². The highest BCUT2D eigenvalue weighted by atomic mass is 14.4. The molecule has 0 heterocycles. The number of benzene rings is 2. The lowest BCUT2D eigenvalue weighted by molar-refractivity contribution is 0.534. The van der Waals surface area contributed by atoms with E-state index in [-0.39, 0.29) is 0 Å². The van der Waals surface area contributed by atoms with Gasteiger partial charge in [0.15, 0.2) is 0 Å². The first-order chi connectivity index (χ1) is 12.4. The van der Waals surface area contributed by atoms with E-state index in [4.69, 9.17) is 0 Å². The van der Waals surface area contributed by atoms with Crippen molar-refractivity contribution in [1.29, 1.82) is 0 Å². The molecule has 0 N–H and O–H groups in total. The molecule has 122 valence electrons. The molecule has 2 aromatic carbocycles. The zero-order valence-electron chi connectivity index (χ0n) is 14.3. The van der Waals surface area contributed by atoms with Crippen molar-refractivity contribution in [3.05, 3.63) is 113 Å². The molecule has 0 aliphatic heterocycles. The molecule has 2 aromatic rings. The highest BCUT2D eigenvalue weighted by molar-refractivity contribution is 5.86. The predicted molar refractivity (Wildman–Crippen MR) is 105 cm³/mol. The van der Waals surface area contributed by atoms with Gasteiger partial charge in [0.05, 0.1) is 0 Å². The van der Waals surface area contributed by atoms with Crippen molar-refractivity contribution in [2.45, 2.75) is 18.8 Å². The third-order valence-electron chi connectivity index (χ3n) is 5.93. The lowest BCUT2D eigenvalue weighted by Gasteiger charge is -2.21. The van der Waals surface area contributed by atoms with Crippen molar-refractivity contribution < 1.29 is 0 Å².